The van der Waals surface area contributed by atoms with Crippen molar-refractivity contribution >= 4 is 22.6 Å². The van der Waals surface area contributed by atoms with E-state index >= 15 is 0 Å². The summed E-state index contributed by atoms with van der Waals surface area (Å²) < 4.78 is 13.0. The van der Waals surface area contributed by atoms with E-state index < -0.39 is 0 Å². The van der Waals surface area contributed by atoms with Gasteiger partial charge in [0, 0.05) is 31.9 Å². The Kier molecular flexibility index (Phi) is 4.32. The largest absolute Gasteiger partial charge is 0.368 e. The molecule has 0 aliphatic carbocycles. The van der Waals surface area contributed by atoms with E-state index in [1.54, 1.807) is 12.1 Å². The highest BCUT2D eigenvalue weighted by molar-refractivity contribution is 5.80. The number of hydrogen-bond donors (Lipinski definition) is 1. The topological polar surface area (TPSA) is 52.2 Å². The number of amides is 1. The molecule has 2 aromatic carbocycles. The molecule has 1 fully saturated rings. The Morgan fingerprint density at radius 3 is 2.58 bits per heavy atom. The van der Waals surface area contributed by atoms with Gasteiger partial charge in [0.15, 0.2) is 0 Å². The number of benzene rings is 2. The third-order valence-electron chi connectivity index (χ3n) is 4.85. The van der Waals surface area contributed by atoms with E-state index in [9.17, 15) is 9.18 Å². The third-order valence-corrected chi connectivity index (χ3v) is 4.85. The molecule has 1 amide bonds. The molecule has 26 heavy (non-hydrogen) atoms. The lowest BCUT2D eigenvalue weighted by molar-refractivity contribution is -0.130. The van der Waals surface area contributed by atoms with Crippen LogP contribution in [0.15, 0.2) is 42.5 Å². The lowest BCUT2D eigenvalue weighted by Crippen LogP contribution is -2.49. The smallest absolute Gasteiger partial charge is 0.227 e. The van der Waals surface area contributed by atoms with E-state index in [1.165, 1.54) is 12.1 Å². The molecule has 1 aromatic heterocycles. The number of hydrogen-bond acceptors (Lipinski definition) is 3. The Bertz CT molecular complexity index is 927. The number of rotatable bonds is 3. The Morgan fingerprint density at radius 2 is 1.85 bits per heavy atom. The lowest BCUT2D eigenvalue weighted by atomic mass is 10.1. The molecule has 1 aliphatic rings. The first-order valence-corrected chi connectivity index (χ1v) is 8.82. The lowest BCUT2D eigenvalue weighted by Gasteiger charge is -2.36. The second kappa shape index (κ2) is 6.78. The fraction of sp³-hybridized carbons (Fsp3) is 0.300. The van der Waals surface area contributed by atoms with Gasteiger partial charge in [-0.2, -0.15) is 0 Å². The van der Waals surface area contributed by atoms with Crippen LogP contribution in [0.4, 0.5) is 10.1 Å². The highest BCUT2D eigenvalue weighted by Crippen LogP contribution is 2.22. The van der Waals surface area contributed by atoms with Crippen LogP contribution in [0.5, 0.6) is 0 Å². The van der Waals surface area contributed by atoms with E-state index in [0.717, 1.165) is 41.2 Å². The van der Waals surface area contributed by atoms with Gasteiger partial charge in [0.05, 0.1) is 17.5 Å². The van der Waals surface area contributed by atoms with E-state index in [2.05, 4.69) is 27.0 Å². The summed E-state index contributed by atoms with van der Waals surface area (Å²) in [7, 11) is 0. The van der Waals surface area contributed by atoms with Gasteiger partial charge >= 0.3 is 0 Å². The number of halogens is 1. The van der Waals surface area contributed by atoms with Crippen molar-refractivity contribution in [2.24, 2.45) is 0 Å². The van der Waals surface area contributed by atoms with Crippen LogP contribution in [0.1, 0.15) is 11.4 Å². The quantitative estimate of drug-likeness (QED) is 0.789. The second-order valence-corrected chi connectivity index (χ2v) is 6.69. The van der Waals surface area contributed by atoms with E-state index in [-0.39, 0.29) is 11.7 Å². The minimum absolute atomic E-state index is 0.0934. The molecular weight excluding hydrogens is 331 g/mol. The van der Waals surface area contributed by atoms with Crippen LogP contribution in [0.3, 0.4) is 0 Å². The van der Waals surface area contributed by atoms with Crippen molar-refractivity contribution in [1.82, 2.24) is 14.9 Å². The summed E-state index contributed by atoms with van der Waals surface area (Å²) in [6, 6.07) is 12.4. The van der Waals surface area contributed by atoms with Gasteiger partial charge in [0.25, 0.3) is 0 Å². The molecule has 5 nitrogen and oxygen atoms in total. The molecule has 0 unspecified atom stereocenters. The van der Waals surface area contributed by atoms with Crippen molar-refractivity contribution in [2.75, 3.05) is 31.1 Å². The van der Waals surface area contributed by atoms with Crippen LogP contribution in [-0.2, 0) is 11.2 Å². The summed E-state index contributed by atoms with van der Waals surface area (Å²) in [5.41, 5.74) is 4.00. The molecular formula is C20H21FN4O. The summed E-state index contributed by atoms with van der Waals surface area (Å²) >= 11 is 0. The maximum Gasteiger partial charge on any atom is 0.227 e. The summed E-state index contributed by atoms with van der Waals surface area (Å²) in [5, 5.41) is 0. The predicted molar refractivity (Wildman–Crippen MR) is 99.7 cm³/mol. The van der Waals surface area contributed by atoms with Crippen molar-refractivity contribution in [3.63, 3.8) is 0 Å². The molecule has 134 valence electrons. The maximum atomic E-state index is 13.0. The average Bonchev–Trinajstić information content (AvgIpc) is 3.03. The van der Waals surface area contributed by atoms with Crippen LogP contribution < -0.4 is 4.90 Å². The van der Waals surface area contributed by atoms with Crippen molar-refractivity contribution in [1.29, 1.82) is 0 Å². The van der Waals surface area contributed by atoms with Crippen LogP contribution in [0, 0.1) is 12.7 Å². The number of aromatic nitrogens is 2. The molecule has 3 aromatic rings. The van der Waals surface area contributed by atoms with E-state index in [4.69, 9.17) is 0 Å². The maximum absolute atomic E-state index is 13.0. The first-order chi connectivity index (χ1) is 12.6. The van der Waals surface area contributed by atoms with Gasteiger partial charge in [0.1, 0.15) is 11.6 Å². The van der Waals surface area contributed by atoms with Crippen molar-refractivity contribution in [3.05, 3.63) is 59.7 Å². The molecule has 0 atom stereocenters. The van der Waals surface area contributed by atoms with Gasteiger partial charge in [-0.05, 0) is 42.8 Å². The number of anilines is 1. The standard InChI is InChI=1S/C20H21FN4O/c1-14-22-18-7-6-17(13-19(18)23-14)24-8-10-25(11-9-24)20(26)12-15-2-4-16(21)5-3-15/h2-7,13H,8-12H2,1H3,(H,22,23). The Hall–Kier alpha value is -2.89. The fourth-order valence-electron chi connectivity index (χ4n) is 3.42. The van der Waals surface area contributed by atoms with Crippen molar-refractivity contribution < 1.29 is 9.18 Å². The third kappa shape index (κ3) is 3.40. The van der Waals surface area contributed by atoms with E-state index in [1.807, 2.05) is 17.9 Å². The van der Waals surface area contributed by atoms with Gasteiger partial charge in [-0.1, -0.05) is 12.1 Å². The first kappa shape index (κ1) is 16.6. The minimum atomic E-state index is -0.278. The Balaban J connectivity index is 1.38. The average molecular weight is 352 g/mol. The number of carbonyl (C=O) groups excluding carboxylic acids is 1. The molecule has 2 heterocycles. The summed E-state index contributed by atoms with van der Waals surface area (Å²) in [5.74, 6) is 0.725. The molecule has 1 saturated heterocycles. The number of carbonyl (C=O) groups is 1. The number of aromatic amines is 1. The molecule has 0 spiro atoms. The first-order valence-electron chi connectivity index (χ1n) is 8.82. The fourth-order valence-corrected chi connectivity index (χ4v) is 3.42. The Labute approximate surface area is 151 Å². The van der Waals surface area contributed by atoms with Crippen LogP contribution in [0.2, 0.25) is 0 Å². The number of nitrogens with one attached hydrogen (secondary N) is 1. The van der Waals surface area contributed by atoms with Gasteiger partial charge in [-0.3, -0.25) is 4.79 Å². The van der Waals surface area contributed by atoms with Gasteiger partial charge in [-0.15, -0.1) is 0 Å². The number of aryl methyl sites for hydroxylation is 1. The van der Waals surface area contributed by atoms with Crippen molar-refractivity contribution in [2.45, 2.75) is 13.3 Å². The van der Waals surface area contributed by atoms with Gasteiger partial charge in [0.2, 0.25) is 5.91 Å². The highest BCUT2D eigenvalue weighted by atomic mass is 19.1. The molecule has 0 radical (unpaired) electrons. The number of imidazole rings is 1. The van der Waals surface area contributed by atoms with E-state index in [0.29, 0.717) is 19.5 Å². The summed E-state index contributed by atoms with van der Waals surface area (Å²) in [6.07, 6.45) is 0.319. The zero-order valence-electron chi connectivity index (χ0n) is 14.7. The number of nitrogens with zero attached hydrogens (tertiary/aromatic N) is 3. The molecule has 0 saturated carbocycles. The normalized spacial score (nSPS) is 14.8. The number of piperazine rings is 1. The molecule has 1 aliphatic heterocycles. The zero-order valence-corrected chi connectivity index (χ0v) is 14.7. The summed E-state index contributed by atoms with van der Waals surface area (Å²) in [6.45, 7) is 4.94. The van der Waals surface area contributed by atoms with Gasteiger partial charge in [-0.25, -0.2) is 9.37 Å². The molecule has 1 N–H and O–H groups in total. The zero-order chi connectivity index (χ0) is 18.1. The minimum Gasteiger partial charge on any atom is -0.368 e. The Morgan fingerprint density at radius 1 is 1.12 bits per heavy atom. The summed E-state index contributed by atoms with van der Waals surface area (Å²) in [4.78, 5) is 24.3. The number of fused-ring (bicyclic) bond motifs is 1. The van der Waals surface area contributed by atoms with Crippen LogP contribution >= 0.6 is 0 Å². The monoisotopic (exact) mass is 352 g/mol. The van der Waals surface area contributed by atoms with Crippen LogP contribution in [-0.4, -0.2) is 47.0 Å². The van der Waals surface area contributed by atoms with Gasteiger partial charge < -0.3 is 14.8 Å². The second-order valence-electron chi connectivity index (χ2n) is 6.69. The van der Waals surface area contributed by atoms with Crippen LogP contribution in [0.25, 0.3) is 11.0 Å². The SMILES string of the molecule is Cc1nc2ccc(N3CCN(C(=O)Cc4ccc(F)cc4)CC3)cc2[nH]1. The number of H-pyrrole nitrogens is 1. The predicted octanol–water partition coefficient (Wildman–Crippen LogP) is 2.90. The molecule has 4 rings (SSSR count). The van der Waals surface area contributed by atoms with Crippen molar-refractivity contribution in [3.8, 4) is 0 Å². The molecule has 6 heteroatoms. The molecule has 0 bridgehead atoms. The highest BCUT2D eigenvalue weighted by Gasteiger charge is 2.21.